The molecule has 5 heterocycles. The first-order chi connectivity index (χ1) is 26.5. The Kier molecular flexibility index (Phi) is 17.7. The second kappa shape index (κ2) is 21.4. The van der Waals surface area contributed by atoms with E-state index in [1.807, 2.05) is 32.3 Å². The van der Waals surface area contributed by atoms with Crippen LogP contribution in [0.25, 0.3) is 23.0 Å². The van der Waals surface area contributed by atoms with Crippen molar-refractivity contribution >= 4 is 69.4 Å². The highest BCUT2D eigenvalue weighted by Gasteiger charge is 2.34. The van der Waals surface area contributed by atoms with Gasteiger partial charge < -0.3 is 4.57 Å². The summed E-state index contributed by atoms with van der Waals surface area (Å²) in [6, 6.07) is 8.63. The van der Waals surface area contributed by atoms with Crippen molar-refractivity contribution in [2.75, 3.05) is 24.3 Å². The highest BCUT2D eigenvalue weighted by molar-refractivity contribution is 8.14. The summed E-state index contributed by atoms with van der Waals surface area (Å²) in [5.41, 5.74) is 1.04. The van der Waals surface area contributed by atoms with Crippen LogP contribution in [-0.2, 0) is 19.4 Å². The van der Waals surface area contributed by atoms with Gasteiger partial charge in [0.05, 0.1) is 5.69 Å². The lowest BCUT2D eigenvalue weighted by Crippen LogP contribution is -2.31. The first kappa shape index (κ1) is 46.3. The topological polar surface area (TPSA) is 176 Å². The minimum absolute atomic E-state index is 0.0142. The van der Waals surface area contributed by atoms with Gasteiger partial charge in [0, 0.05) is 23.9 Å². The number of pyridine rings is 2. The number of aliphatic imine (C=N–C) groups is 1. The molecule has 0 fully saturated rings. The number of amides is 1. The fraction of sp³-hybridized carbons (Fsp3) is 0.312. The third-order valence-electron chi connectivity index (χ3n) is 6.53. The lowest BCUT2D eigenvalue weighted by Gasteiger charge is -2.09. The van der Waals surface area contributed by atoms with Crippen molar-refractivity contribution in [3.8, 4) is 23.0 Å². The third kappa shape index (κ3) is 13.0. The van der Waals surface area contributed by atoms with Gasteiger partial charge in [-0.3, -0.25) is 15.2 Å². The Bertz CT molecular complexity index is 2120. The van der Waals surface area contributed by atoms with Crippen LogP contribution in [0, 0.1) is 0 Å². The van der Waals surface area contributed by atoms with E-state index in [-0.39, 0.29) is 33.2 Å². The molecule has 5 rings (SSSR count). The lowest BCUT2D eigenvalue weighted by molar-refractivity contribution is -0.142. The van der Waals surface area contributed by atoms with E-state index in [2.05, 4.69) is 45.1 Å². The molecule has 0 unspecified atom stereocenters. The van der Waals surface area contributed by atoms with Crippen LogP contribution in [0.3, 0.4) is 0 Å². The van der Waals surface area contributed by atoms with Gasteiger partial charge in [0.1, 0.15) is 56.5 Å². The Morgan fingerprint density at radius 1 is 0.804 bits per heavy atom. The van der Waals surface area contributed by atoms with Gasteiger partial charge >= 0.3 is 12.4 Å². The molecular weight excluding hydrogens is 850 g/mol. The van der Waals surface area contributed by atoms with Gasteiger partial charge in [-0.2, -0.15) is 26.3 Å². The molecule has 13 nitrogen and oxygen atoms in total. The molecule has 3 N–H and O–H groups in total. The van der Waals surface area contributed by atoms with Gasteiger partial charge in [0.2, 0.25) is 0 Å². The number of hydrogen-bond acceptors (Lipinski definition) is 14. The van der Waals surface area contributed by atoms with Crippen molar-refractivity contribution in [3.63, 3.8) is 0 Å². The largest absolute Gasteiger partial charge is 0.433 e. The molecule has 5 aromatic heterocycles. The number of thioether (sulfide) groups is 3. The van der Waals surface area contributed by atoms with Crippen molar-refractivity contribution in [2.45, 2.75) is 42.9 Å². The van der Waals surface area contributed by atoms with E-state index >= 15 is 0 Å². The number of halogens is 8. The van der Waals surface area contributed by atoms with E-state index in [1.165, 1.54) is 35.1 Å². The van der Waals surface area contributed by atoms with E-state index in [0.29, 0.717) is 16.6 Å². The van der Waals surface area contributed by atoms with E-state index in [4.69, 9.17) is 29.0 Å². The molecule has 0 radical (unpaired) electrons. The lowest BCUT2D eigenvalue weighted by atomic mass is 10.3. The monoisotopic (exact) mass is 880 g/mol. The van der Waals surface area contributed by atoms with Crippen LogP contribution in [0.5, 0.6) is 0 Å². The van der Waals surface area contributed by atoms with Gasteiger partial charge in [-0.15, -0.1) is 45.5 Å². The van der Waals surface area contributed by atoms with Gasteiger partial charge in [-0.1, -0.05) is 44.0 Å². The number of nitrogens with one attached hydrogen (secondary N) is 1. The molecule has 0 saturated heterocycles. The number of nitrogen functional groups attached to an aromatic ring is 1. The second-order valence-electron chi connectivity index (χ2n) is 10.2. The molecule has 0 aliphatic rings. The normalized spacial score (nSPS) is 11.6. The maximum atomic E-state index is 12.9. The smallest absolute Gasteiger partial charge is 0.307 e. The number of alkyl halides is 6. The van der Waals surface area contributed by atoms with Crippen molar-refractivity contribution < 1.29 is 31.1 Å². The fourth-order valence-corrected chi connectivity index (χ4v) is 6.65. The van der Waals surface area contributed by atoms with Gasteiger partial charge in [0.15, 0.2) is 11.6 Å². The van der Waals surface area contributed by atoms with Gasteiger partial charge in [-0.25, -0.2) is 35.7 Å². The predicted molar refractivity (Wildman–Crippen MR) is 207 cm³/mol. The summed E-state index contributed by atoms with van der Waals surface area (Å²) in [6.07, 6.45) is -7.27. The zero-order valence-corrected chi connectivity index (χ0v) is 33.9. The first-order valence-electron chi connectivity index (χ1n) is 15.9. The maximum absolute atomic E-state index is 12.9. The van der Waals surface area contributed by atoms with Crippen molar-refractivity contribution in [2.24, 2.45) is 17.9 Å². The zero-order valence-electron chi connectivity index (χ0n) is 29.9. The number of carbonyl (C=O) groups is 1. The molecule has 0 saturated carbocycles. The first-order valence-corrected chi connectivity index (χ1v) is 19.6. The number of hydrazine groups is 1. The van der Waals surface area contributed by atoms with Crippen LogP contribution in [0.15, 0.2) is 63.8 Å². The maximum Gasteiger partial charge on any atom is 0.433 e. The summed E-state index contributed by atoms with van der Waals surface area (Å²) in [7, 11) is 3.15. The Labute approximate surface area is 339 Å². The van der Waals surface area contributed by atoms with E-state index in [9.17, 15) is 31.1 Å². The molecule has 0 spiro atoms. The summed E-state index contributed by atoms with van der Waals surface area (Å²) >= 11 is 16.1. The molecule has 0 aromatic carbocycles. The highest BCUT2D eigenvalue weighted by atomic mass is 35.5. The SMILES string of the molecule is CCSC(=NC)c1cc(C(F)(F)F)ncn1.CCSc1ccc(Cl)nc1-c1nnc(-c2cc(C(F)(F)F)ncn2)n1C.CCSc1ccc(Cl)nc1C(=O)NN. The summed E-state index contributed by atoms with van der Waals surface area (Å²) in [5, 5.41) is 9.10. The molecule has 5 aromatic rings. The molecule has 24 heteroatoms. The van der Waals surface area contributed by atoms with E-state index in [0.717, 1.165) is 51.8 Å². The summed E-state index contributed by atoms with van der Waals surface area (Å²) in [5.74, 6) is 7.53. The molecule has 56 heavy (non-hydrogen) atoms. The number of nitrogens with two attached hydrogens (primary N) is 1. The average Bonchev–Trinajstić information content (AvgIpc) is 3.55. The van der Waals surface area contributed by atoms with E-state index < -0.39 is 29.6 Å². The minimum Gasteiger partial charge on any atom is -0.307 e. The number of carbonyl (C=O) groups excluding carboxylic acids is 1. The molecule has 0 aliphatic heterocycles. The van der Waals surface area contributed by atoms with Crippen molar-refractivity contribution in [1.29, 1.82) is 0 Å². The van der Waals surface area contributed by atoms with Crippen LogP contribution < -0.4 is 11.3 Å². The Hall–Kier alpha value is -4.09. The number of nitrogens with zero attached hydrogens (tertiary/aromatic N) is 10. The number of aromatic nitrogens is 9. The number of rotatable bonds is 9. The Morgan fingerprint density at radius 3 is 1.93 bits per heavy atom. The predicted octanol–water partition coefficient (Wildman–Crippen LogP) is 8.19. The second-order valence-corrected chi connectivity index (χ2v) is 14.9. The third-order valence-corrected chi connectivity index (χ3v) is 9.76. The molecule has 0 aliphatic carbocycles. The Balaban J connectivity index is 0.000000242. The highest BCUT2D eigenvalue weighted by Crippen LogP contribution is 2.33. The van der Waals surface area contributed by atoms with E-state index in [1.54, 1.807) is 37.0 Å². The molecule has 300 valence electrons. The summed E-state index contributed by atoms with van der Waals surface area (Å²) in [6.45, 7) is 5.87. The van der Waals surface area contributed by atoms with Crippen LogP contribution in [0.4, 0.5) is 26.3 Å². The zero-order chi connectivity index (χ0) is 41.6. The fourth-order valence-electron chi connectivity index (χ4n) is 4.19. The van der Waals surface area contributed by atoms with Crippen molar-refractivity contribution in [3.05, 3.63) is 82.1 Å². The summed E-state index contributed by atoms with van der Waals surface area (Å²) in [4.78, 5) is 39.1. The quantitative estimate of drug-likeness (QED) is 0.0212. The average molecular weight is 882 g/mol. The Morgan fingerprint density at radius 2 is 1.36 bits per heavy atom. The standard InChI is InChI=1S/C15H12ClF3N6S.C9H10F3N3S.C8H10ClN3OS/c1-3-26-9-4-5-11(16)22-12(9)14-24-23-13(25(14)2)8-6-10(15(17,18)19)21-7-20-8;1-3-16-8(13-2)6-4-7(9(10,11)12)15-5-14-6;1-2-14-5-3-4-6(9)11-7(5)8(13)12-10/h4-7H,3H2,1-2H3;4-5H,3H2,1-2H3;3-4H,2,10H2,1H3,(H,12,13). The van der Waals surface area contributed by atoms with Gasteiger partial charge in [0.25, 0.3) is 5.91 Å². The van der Waals surface area contributed by atoms with Gasteiger partial charge in [-0.05, 0) is 53.7 Å². The van der Waals surface area contributed by atoms with Crippen LogP contribution in [0.1, 0.15) is 48.3 Å². The molecule has 0 atom stereocenters. The van der Waals surface area contributed by atoms with Crippen molar-refractivity contribution in [1.82, 2.24) is 50.1 Å². The number of hydrogen-bond donors (Lipinski definition) is 2. The summed E-state index contributed by atoms with van der Waals surface area (Å²) < 4.78 is 77.3. The molecular formula is C32H32Cl2F6N12OS3. The molecule has 0 bridgehead atoms. The minimum atomic E-state index is -4.57. The van der Waals surface area contributed by atoms with Crippen LogP contribution in [0.2, 0.25) is 10.3 Å². The molecule has 1 amide bonds. The van der Waals surface area contributed by atoms with Crippen LogP contribution in [-0.4, -0.2) is 79.9 Å². The van der Waals surface area contributed by atoms with Crippen LogP contribution >= 0.6 is 58.5 Å².